The Kier molecular flexibility index (Phi) is 3.62. The fourth-order valence-electron chi connectivity index (χ4n) is 3.21. The molecule has 0 spiro atoms. The van der Waals surface area contributed by atoms with Crippen LogP contribution in [-0.2, 0) is 0 Å². The summed E-state index contributed by atoms with van der Waals surface area (Å²) >= 11 is 0. The molecule has 114 valence electrons. The molecule has 0 amide bonds. The predicted octanol–water partition coefficient (Wildman–Crippen LogP) is 4.61. The summed E-state index contributed by atoms with van der Waals surface area (Å²) in [5.41, 5.74) is -4.48. The molecule has 3 unspecified atom stereocenters. The number of halogens is 6. The Morgan fingerprint density at radius 3 is 1.95 bits per heavy atom. The highest BCUT2D eigenvalue weighted by molar-refractivity contribution is 5.11. The summed E-state index contributed by atoms with van der Waals surface area (Å²) in [5, 5.41) is 1.47. The molecular weight excluding hydrogens is 288 g/mol. The van der Waals surface area contributed by atoms with Crippen LogP contribution in [0.1, 0.15) is 25.7 Å². The van der Waals surface area contributed by atoms with Crippen LogP contribution >= 0.6 is 0 Å². The van der Waals surface area contributed by atoms with Gasteiger partial charge in [-0.2, -0.15) is 26.3 Å². The van der Waals surface area contributed by atoms with Crippen molar-refractivity contribution >= 4 is 0 Å². The van der Waals surface area contributed by atoms with Gasteiger partial charge in [0.15, 0.2) is 0 Å². The number of hydrogen-bond acceptors (Lipinski definition) is 2. The molecule has 3 atom stereocenters. The first kappa shape index (κ1) is 15.3. The molecular formula is C12H13F6NO. The van der Waals surface area contributed by atoms with Crippen LogP contribution in [0.3, 0.4) is 0 Å². The molecule has 2 nitrogen and oxygen atoms in total. The Morgan fingerprint density at radius 1 is 1.00 bits per heavy atom. The van der Waals surface area contributed by atoms with Crippen molar-refractivity contribution in [1.29, 1.82) is 0 Å². The van der Waals surface area contributed by atoms with Crippen LogP contribution in [0.2, 0.25) is 0 Å². The Morgan fingerprint density at radius 2 is 1.60 bits per heavy atom. The van der Waals surface area contributed by atoms with Gasteiger partial charge in [-0.3, -0.25) is 0 Å². The zero-order valence-corrected chi connectivity index (χ0v) is 10.3. The van der Waals surface area contributed by atoms with Gasteiger partial charge in [0.2, 0.25) is 0 Å². The van der Waals surface area contributed by atoms with E-state index in [2.05, 4.69) is 0 Å². The summed E-state index contributed by atoms with van der Waals surface area (Å²) in [7, 11) is 0. The van der Waals surface area contributed by atoms with Crippen molar-refractivity contribution in [3.63, 3.8) is 0 Å². The van der Waals surface area contributed by atoms with Gasteiger partial charge in [-0.25, -0.2) is 0 Å². The highest BCUT2D eigenvalue weighted by Crippen LogP contribution is 2.52. The Bertz CT molecular complexity index is 399. The average Bonchev–Trinajstić information content (AvgIpc) is 2.88. The van der Waals surface area contributed by atoms with E-state index in [1.54, 1.807) is 0 Å². The topological polar surface area (TPSA) is 29.4 Å². The van der Waals surface area contributed by atoms with E-state index >= 15 is 0 Å². The number of nitrogens with zero attached hydrogens (tertiary/aromatic N) is 1. The summed E-state index contributed by atoms with van der Waals surface area (Å²) < 4.78 is 76.2. The highest BCUT2D eigenvalue weighted by atomic mass is 19.4. The summed E-state index contributed by atoms with van der Waals surface area (Å²) in [4.78, 5) is 10.4. The first-order chi connectivity index (χ1) is 9.11. The maximum atomic E-state index is 12.7. The summed E-state index contributed by atoms with van der Waals surface area (Å²) in [5.74, 6) is 0.0574. The molecule has 0 aliphatic heterocycles. The minimum absolute atomic E-state index is 0.0332. The van der Waals surface area contributed by atoms with Gasteiger partial charge in [0.1, 0.15) is 0 Å². The molecule has 2 aliphatic rings. The smallest absolute Gasteiger partial charge is 0.168 e. The van der Waals surface area contributed by atoms with Gasteiger partial charge in [-0.05, 0) is 48.6 Å². The molecule has 2 aliphatic carbocycles. The number of hydrogen-bond donors (Lipinski definition) is 0. The van der Waals surface area contributed by atoms with Crippen molar-refractivity contribution in [2.24, 2.45) is 22.9 Å². The fourth-order valence-corrected chi connectivity index (χ4v) is 3.21. The van der Waals surface area contributed by atoms with Gasteiger partial charge in [0.05, 0.1) is 0 Å². The zero-order chi connectivity index (χ0) is 15.2. The van der Waals surface area contributed by atoms with E-state index in [1.807, 2.05) is 12.2 Å². The lowest BCUT2D eigenvalue weighted by Gasteiger charge is -2.32. The maximum Gasteiger partial charge on any atom is 0.426 e. The van der Waals surface area contributed by atoms with Gasteiger partial charge >= 0.3 is 12.4 Å². The van der Waals surface area contributed by atoms with Gasteiger partial charge in [-0.1, -0.05) is 12.2 Å². The maximum absolute atomic E-state index is 12.7. The molecule has 0 N–H and O–H groups in total. The molecule has 1 saturated carbocycles. The largest absolute Gasteiger partial charge is 0.426 e. The molecule has 0 saturated heterocycles. The third kappa shape index (κ3) is 2.33. The first-order valence-corrected chi connectivity index (χ1v) is 6.27. The normalized spacial score (nSPS) is 30.0. The lowest BCUT2D eigenvalue weighted by molar-refractivity contribution is -0.298. The number of alkyl halides is 6. The van der Waals surface area contributed by atoms with E-state index in [0.29, 0.717) is 6.42 Å². The predicted molar refractivity (Wildman–Crippen MR) is 58.7 cm³/mol. The Labute approximate surface area is 111 Å². The second-order valence-electron chi connectivity index (χ2n) is 5.53. The van der Waals surface area contributed by atoms with Gasteiger partial charge in [0, 0.05) is 0 Å². The minimum atomic E-state index is -5.72. The zero-order valence-electron chi connectivity index (χ0n) is 10.3. The third-order valence-electron chi connectivity index (χ3n) is 4.39. The molecule has 2 bridgehead atoms. The SMILES string of the molecule is O=NC(CCC1CC2C=CC1C2)(C(F)(F)F)C(F)(F)F. The second-order valence-corrected chi connectivity index (χ2v) is 5.53. The van der Waals surface area contributed by atoms with E-state index in [1.165, 1.54) is 5.18 Å². The third-order valence-corrected chi connectivity index (χ3v) is 4.39. The van der Waals surface area contributed by atoms with Gasteiger partial charge in [-0.15, -0.1) is 4.91 Å². The molecule has 0 radical (unpaired) electrons. The van der Waals surface area contributed by atoms with Crippen molar-refractivity contribution in [3.05, 3.63) is 17.1 Å². The lowest BCUT2D eigenvalue weighted by atomic mass is 9.83. The number of allylic oxidation sites excluding steroid dienone is 2. The fraction of sp³-hybridized carbons (Fsp3) is 0.833. The molecule has 20 heavy (non-hydrogen) atoms. The van der Waals surface area contributed by atoms with E-state index in [0.717, 1.165) is 6.42 Å². The summed E-state index contributed by atoms with van der Waals surface area (Å²) in [6.07, 6.45) is -7.91. The molecule has 0 aromatic rings. The molecule has 2 rings (SSSR count). The van der Waals surface area contributed by atoms with Gasteiger partial charge in [0.25, 0.3) is 5.54 Å². The van der Waals surface area contributed by atoms with Crippen LogP contribution in [0.25, 0.3) is 0 Å². The lowest BCUT2D eigenvalue weighted by Crippen LogP contribution is -2.55. The summed E-state index contributed by atoms with van der Waals surface area (Å²) in [6, 6.07) is 0. The number of nitroso groups, excluding NO2 is 1. The minimum Gasteiger partial charge on any atom is -0.168 e. The number of rotatable bonds is 4. The van der Waals surface area contributed by atoms with Crippen molar-refractivity contribution in [2.45, 2.75) is 43.6 Å². The van der Waals surface area contributed by atoms with Crippen LogP contribution in [-0.4, -0.2) is 17.9 Å². The average molecular weight is 301 g/mol. The van der Waals surface area contributed by atoms with Crippen molar-refractivity contribution in [1.82, 2.24) is 0 Å². The number of fused-ring (bicyclic) bond motifs is 2. The van der Waals surface area contributed by atoms with Crippen LogP contribution < -0.4 is 0 Å². The monoisotopic (exact) mass is 301 g/mol. The molecule has 1 fully saturated rings. The first-order valence-electron chi connectivity index (χ1n) is 6.27. The van der Waals surface area contributed by atoms with Crippen molar-refractivity contribution in [2.75, 3.05) is 0 Å². The van der Waals surface area contributed by atoms with E-state index in [4.69, 9.17) is 0 Å². The Hall–Kier alpha value is -1.08. The van der Waals surface area contributed by atoms with Crippen LogP contribution in [0.15, 0.2) is 17.3 Å². The van der Waals surface area contributed by atoms with Crippen molar-refractivity contribution < 1.29 is 26.3 Å². The molecule has 0 heterocycles. The van der Waals surface area contributed by atoms with E-state index in [-0.39, 0.29) is 24.2 Å². The highest BCUT2D eigenvalue weighted by Gasteiger charge is 2.72. The van der Waals surface area contributed by atoms with Crippen LogP contribution in [0.4, 0.5) is 26.3 Å². The van der Waals surface area contributed by atoms with Crippen LogP contribution in [0, 0.1) is 22.7 Å². The van der Waals surface area contributed by atoms with Gasteiger partial charge < -0.3 is 0 Å². The standard InChI is InChI=1S/C12H13F6NO/c13-11(14,15)10(19-20,12(16,17)18)4-3-9-6-7-1-2-8(9)5-7/h1-2,7-9H,3-6H2. The summed E-state index contributed by atoms with van der Waals surface area (Å²) in [6.45, 7) is 0. The molecule has 8 heteroatoms. The molecule has 0 aromatic heterocycles. The molecule has 0 aromatic carbocycles. The van der Waals surface area contributed by atoms with Crippen molar-refractivity contribution in [3.8, 4) is 0 Å². The van der Waals surface area contributed by atoms with E-state index in [9.17, 15) is 31.2 Å². The Balaban J connectivity index is 2.13. The van der Waals surface area contributed by atoms with E-state index < -0.39 is 24.3 Å². The quantitative estimate of drug-likeness (QED) is 0.423. The van der Waals surface area contributed by atoms with Crippen LogP contribution in [0.5, 0.6) is 0 Å². The second kappa shape index (κ2) is 4.73.